The lowest BCUT2D eigenvalue weighted by atomic mass is 10.0. The van der Waals surface area contributed by atoms with E-state index in [1.807, 2.05) is 62.4 Å². The largest absolute Gasteiger partial charge is 0.497 e. The van der Waals surface area contributed by atoms with Gasteiger partial charge in [-0.1, -0.05) is 13.8 Å². The zero-order chi connectivity index (χ0) is 25.6. The molecule has 0 radical (unpaired) electrons. The van der Waals surface area contributed by atoms with Crippen molar-refractivity contribution in [3.05, 3.63) is 66.0 Å². The van der Waals surface area contributed by atoms with E-state index in [0.717, 1.165) is 31.7 Å². The Labute approximate surface area is 212 Å². The third-order valence-corrected chi connectivity index (χ3v) is 5.20. The van der Waals surface area contributed by atoms with Gasteiger partial charge in [-0.3, -0.25) is 5.41 Å². The summed E-state index contributed by atoms with van der Waals surface area (Å²) in [6.07, 6.45) is 5.04. The van der Waals surface area contributed by atoms with Gasteiger partial charge in [0.2, 0.25) is 0 Å². The number of hydrogen-bond acceptors (Lipinski definition) is 8. The molecule has 188 valence electrons. The van der Waals surface area contributed by atoms with E-state index >= 15 is 0 Å². The fourth-order valence-corrected chi connectivity index (χ4v) is 3.54. The van der Waals surface area contributed by atoms with Gasteiger partial charge in [0, 0.05) is 24.5 Å². The number of piperidine rings is 1. The van der Waals surface area contributed by atoms with E-state index in [-0.39, 0.29) is 17.6 Å². The molecule has 0 spiro atoms. The van der Waals surface area contributed by atoms with Crippen molar-refractivity contribution in [1.82, 2.24) is 15.3 Å². The van der Waals surface area contributed by atoms with Gasteiger partial charge in [0.25, 0.3) is 0 Å². The van der Waals surface area contributed by atoms with Crippen molar-refractivity contribution >= 4 is 28.9 Å². The van der Waals surface area contributed by atoms with Crippen LogP contribution in [0.25, 0.3) is 0 Å². The molecule has 0 amide bonds. The van der Waals surface area contributed by atoms with Crippen LogP contribution >= 0.6 is 11.6 Å². The van der Waals surface area contributed by atoms with Crippen LogP contribution in [0.3, 0.4) is 0 Å². The van der Waals surface area contributed by atoms with Gasteiger partial charge in [-0.2, -0.15) is 0 Å². The predicted molar refractivity (Wildman–Crippen MR) is 145 cm³/mol. The number of rotatable bonds is 7. The molecule has 8 nitrogen and oxygen atoms in total. The summed E-state index contributed by atoms with van der Waals surface area (Å²) >= 11 is 4.64. The van der Waals surface area contributed by atoms with Crippen LogP contribution in [0, 0.1) is 5.41 Å². The van der Waals surface area contributed by atoms with Gasteiger partial charge in [-0.05, 0) is 67.9 Å². The minimum atomic E-state index is 0.245. The maximum atomic E-state index is 8.74. The molecule has 0 bridgehead atoms. The second kappa shape index (κ2) is 14.8. The minimum absolute atomic E-state index is 0.245. The molecule has 9 heteroatoms. The van der Waals surface area contributed by atoms with Gasteiger partial charge < -0.3 is 25.8 Å². The first-order chi connectivity index (χ1) is 17.1. The van der Waals surface area contributed by atoms with E-state index < -0.39 is 0 Å². The van der Waals surface area contributed by atoms with Gasteiger partial charge in [0.1, 0.15) is 35.2 Å². The Morgan fingerprint density at radius 2 is 1.63 bits per heavy atom. The summed E-state index contributed by atoms with van der Waals surface area (Å²) in [4.78, 5) is 8.46. The summed E-state index contributed by atoms with van der Waals surface area (Å²) in [7, 11) is 1.63. The summed E-state index contributed by atoms with van der Waals surface area (Å²) in [5, 5.41) is 15.5. The summed E-state index contributed by atoms with van der Waals surface area (Å²) in [5.41, 5.74) is 7.62. The molecule has 2 heterocycles. The van der Waals surface area contributed by atoms with Gasteiger partial charge in [-0.15, -0.1) is 11.6 Å². The third kappa shape index (κ3) is 7.83. The highest BCUT2D eigenvalue weighted by atomic mass is 35.5. The molecule has 1 saturated heterocycles. The predicted octanol–water partition coefficient (Wildman–Crippen LogP) is 5.32. The van der Waals surface area contributed by atoms with Crippen LogP contribution in [0.5, 0.6) is 17.2 Å². The number of aromatic nitrogens is 2. The van der Waals surface area contributed by atoms with Crippen LogP contribution in [0.1, 0.15) is 37.8 Å². The monoisotopic (exact) mass is 498 g/mol. The van der Waals surface area contributed by atoms with Crippen LogP contribution in [-0.4, -0.2) is 48.3 Å². The molecule has 1 aliphatic heterocycles. The van der Waals surface area contributed by atoms with Gasteiger partial charge in [0.05, 0.1) is 18.4 Å². The molecular formula is C26H35ClN6O2. The Bertz CT molecular complexity index is 1040. The third-order valence-electron chi connectivity index (χ3n) is 5.20. The maximum Gasteiger partial charge on any atom is 0.141 e. The fraction of sp³-hybridized carbons (Fsp3) is 0.346. The Balaban J connectivity index is 0.00000103. The number of methoxy groups -OCH3 is 1. The Morgan fingerprint density at radius 1 is 1.03 bits per heavy atom. The zero-order valence-corrected chi connectivity index (χ0v) is 21.5. The molecule has 2 aromatic carbocycles. The van der Waals surface area contributed by atoms with Crippen molar-refractivity contribution in [2.24, 2.45) is 0 Å². The lowest BCUT2D eigenvalue weighted by molar-refractivity contribution is 0.413. The number of nitrogens with one attached hydrogen (secondary N) is 3. The molecular weight excluding hydrogens is 464 g/mol. The summed E-state index contributed by atoms with van der Waals surface area (Å²) in [5.74, 6) is 3.02. The average Bonchev–Trinajstić information content (AvgIpc) is 2.92. The molecule has 0 aliphatic carbocycles. The highest BCUT2D eigenvalue weighted by Crippen LogP contribution is 2.27. The van der Waals surface area contributed by atoms with Gasteiger partial charge in [0.15, 0.2) is 0 Å². The van der Waals surface area contributed by atoms with Crippen LogP contribution in [0.2, 0.25) is 0 Å². The van der Waals surface area contributed by atoms with Gasteiger partial charge >= 0.3 is 0 Å². The second-order valence-corrected chi connectivity index (χ2v) is 7.35. The molecule has 1 atom stereocenters. The number of benzene rings is 2. The highest BCUT2D eigenvalue weighted by molar-refractivity contribution is 6.16. The van der Waals surface area contributed by atoms with E-state index in [2.05, 4.69) is 32.2 Å². The fourth-order valence-electron chi connectivity index (χ4n) is 3.54. The lowest BCUT2D eigenvalue weighted by Gasteiger charge is -2.25. The Hall–Kier alpha value is -3.36. The first-order valence-corrected chi connectivity index (χ1v) is 12.4. The second-order valence-electron chi connectivity index (χ2n) is 7.35. The van der Waals surface area contributed by atoms with E-state index in [4.69, 9.17) is 20.6 Å². The summed E-state index contributed by atoms with van der Waals surface area (Å²) in [6.45, 7) is 5.88. The topological polar surface area (TPSA) is 118 Å². The number of alkyl halides is 1. The number of nitrogen functional groups attached to an aromatic ring is 1. The van der Waals surface area contributed by atoms with Crippen molar-refractivity contribution in [2.45, 2.75) is 32.7 Å². The number of ether oxygens (including phenoxy) is 2. The molecule has 0 saturated carbocycles. The maximum absolute atomic E-state index is 8.74. The molecule has 1 unspecified atom stereocenters. The summed E-state index contributed by atoms with van der Waals surface area (Å²) in [6, 6.07) is 14.9. The number of nitrogens with two attached hydrogens (primary N) is 1. The van der Waals surface area contributed by atoms with E-state index in [0.29, 0.717) is 28.4 Å². The average molecular weight is 499 g/mol. The molecule has 5 N–H and O–H groups in total. The van der Waals surface area contributed by atoms with Gasteiger partial charge in [-0.25, -0.2) is 9.97 Å². The first kappa shape index (κ1) is 27.9. The van der Waals surface area contributed by atoms with E-state index in [1.165, 1.54) is 12.7 Å². The van der Waals surface area contributed by atoms with Crippen LogP contribution < -0.4 is 25.8 Å². The zero-order valence-electron chi connectivity index (χ0n) is 20.8. The van der Waals surface area contributed by atoms with Crippen molar-refractivity contribution < 1.29 is 9.47 Å². The molecule has 35 heavy (non-hydrogen) atoms. The molecule has 3 aromatic rings. The van der Waals surface area contributed by atoms with E-state index in [9.17, 15) is 0 Å². The number of nitrogens with zero attached hydrogens (tertiary/aromatic N) is 2. The smallest absolute Gasteiger partial charge is 0.141 e. The number of halogens is 1. The highest BCUT2D eigenvalue weighted by Gasteiger charge is 2.20. The minimum Gasteiger partial charge on any atom is -0.497 e. The number of hydrogen-bond donors (Lipinski definition) is 4. The van der Waals surface area contributed by atoms with Crippen molar-refractivity contribution in [1.29, 1.82) is 5.41 Å². The van der Waals surface area contributed by atoms with Crippen molar-refractivity contribution in [3.63, 3.8) is 0 Å². The van der Waals surface area contributed by atoms with E-state index in [1.54, 1.807) is 7.11 Å². The normalized spacial score (nSPS) is 14.4. The molecule has 1 aromatic heterocycles. The van der Waals surface area contributed by atoms with Crippen LogP contribution in [-0.2, 0) is 0 Å². The first-order valence-electron chi connectivity index (χ1n) is 11.6. The van der Waals surface area contributed by atoms with Crippen LogP contribution in [0.15, 0.2) is 54.9 Å². The van der Waals surface area contributed by atoms with Crippen LogP contribution in [0.4, 0.5) is 11.6 Å². The Morgan fingerprint density at radius 3 is 2.20 bits per heavy atom. The molecule has 1 aliphatic rings. The summed E-state index contributed by atoms with van der Waals surface area (Å²) < 4.78 is 11.0. The SMILES string of the molecule is CC.CCl.COc1ccc(Oc2ccc(C(=N)c3c(N)ncnc3NC3CCCNC3)cc2)cc1. The standard InChI is InChI=1S/C23H26N6O2.C2H6.CH3Cl/c1-30-17-8-10-19(11-9-17)31-18-6-4-15(5-7-18)21(24)20-22(25)27-14-28-23(20)29-16-3-2-12-26-13-16;2*1-2/h4-11,14,16,24,26H,2-3,12-13H2,1H3,(H3,25,27,28,29);1-2H3;1H3. The quantitative estimate of drug-likeness (QED) is 0.257. The molecule has 4 rings (SSSR count). The lowest BCUT2D eigenvalue weighted by Crippen LogP contribution is -2.39. The number of anilines is 2. The van der Waals surface area contributed by atoms with Crippen molar-refractivity contribution in [3.8, 4) is 17.2 Å². The van der Waals surface area contributed by atoms with Crippen molar-refractivity contribution in [2.75, 3.05) is 37.6 Å². The Kier molecular flexibility index (Phi) is 11.8. The molecule has 1 fully saturated rings.